The average molecular weight is 595 g/mol. The lowest BCUT2D eigenvalue weighted by atomic mass is 9.63. The van der Waals surface area contributed by atoms with Crippen LogP contribution in [0.5, 0.6) is 0 Å². The molecule has 6 nitrogen and oxygen atoms in total. The second-order valence-corrected chi connectivity index (χ2v) is 13.7. The summed E-state index contributed by atoms with van der Waals surface area (Å²) in [5, 5.41) is 7.98. The van der Waals surface area contributed by atoms with Crippen molar-refractivity contribution < 1.29 is 0 Å². The van der Waals surface area contributed by atoms with Crippen molar-refractivity contribution >= 4 is 0 Å². The Morgan fingerprint density at radius 1 is 0.682 bits per heavy atom. The van der Waals surface area contributed by atoms with Crippen LogP contribution in [0.25, 0.3) is 0 Å². The van der Waals surface area contributed by atoms with Crippen LogP contribution >= 0.6 is 0 Å². The van der Waals surface area contributed by atoms with Crippen molar-refractivity contribution in [2.24, 2.45) is 11.8 Å². The molecule has 234 valence electrons. The molecule has 2 heterocycles. The molecule has 6 heteroatoms. The van der Waals surface area contributed by atoms with Gasteiger partial charge in [0.1, 0.15) is 0 Å². The van der Waals surface area contributed by atoms with E-state index in [0.717, 1.165) is 63.0 Å². The lowest BCUT2D eigenvalue weighted by Crippen LogP contribution is -2.52. The molecule has 0 aromatic carbocycles. The highest BCUT2D eigenvalue weighted by molar-refractivity contribution is 5.50. The van der Waals surface area contributed by atoms with Crippen LogP contribution in [0.4, 0.5) is 0 Å². The number of pyridine rings is 2. The van der Waals surface area contributed by atoms with Gasteiger partial charge in [-0.1, -0.05) is 61.1 Å². The number of nitrogens with one attached hydrogen (secondary N) is 4. The third-order valence-electron chi connectivity index (χ3n) is 10.7. The molecule has 6 rings (SSSR count). The molecule has 0 unspecified atom stereocenters. The second kappa shape index (κ2) is 12.6. The zero-order chi connectivity index (χ0) is 30.9. The van der Waals surface area contributed by atoms with Crippen LogP contribution in [0.15, 0.2) is 80.5 Å². The lowest BCUT2D eigenvalue weighted by molar-refractivity contribution is 0.317. The Morgan fingerprint density at radius 3 is 1.50 bits per heavy atom. The lowest BCUT2D eigenvalue weighted by Gasteiger charge is -2.48. The van der Waals surface area contributed by atoms with Gasteiger partial charge in [0.05, 0.1) is 11.1 Å². The van der Waals surface area contributed by atoms with Crippen molar-refractivity contribution in [1.82, 2.24) is 20.6 Å². The maximum absolute atomic E-state index is 12.1. The molecule has 0 saturated carbocycles. The van der Waals surface area contributed by atoms with E-state index < -0.39 is 0 Å². The van der Waals surface area contributed by atoms with Gasteiger partial charge >= 0.3 is 0 Å². The molecule has 4 bridgehead atoms. The van der Waals surface area contributed by atoms with E-state index in [4.69, 9.17) is 0 Å². The van der Waals surface area contributed by atoms with Gasteiger partial charge in [-0.05, 0) is 114 Å². The summed E-state index contributed by atoms with van der Waals surface area (Å²) in [5.74, 6) is 0.709. The standard InChI is InChI=1S/C38H50N4O2/c1-5-29-27-19-25(3)23-37(29,31-13-15-35(43)41-33(31)21-27)39-17-11-9-7-8-10-12-18-40-38-24-26(4)20-28(30(38)6-2)22-34-32(38)14-16-36(44)42-34/h5-6,13-16,19-20,27-28,39-40H,7-12,17-18,21-24H2,1-4H3,(H,41,43)(H,42,44)/b29-5+,30-6+/t27-,28-,37+,38+/m0/s1. The van der Waals surface area contributed by atoms with Gasteiger partial charge in [0.25, 0.3) is 0 Å². The molecule has 0 amide bonds. The van der Waals surface area contributed by atoms with Crippen LogP contribution in [0.2, 0.25) is 0 Å². The van der Waals surface area contributed by atoms with Crippen LogP contribution in [-0.4, -0.2) is 23.1 Å². The maximum atomic E-state index is 12.1. The van der Waals surface area contributed by atoms with Crippen LogP contribution in [0, 0.1) is 11.8 Å². The van der Waals surface area contributed by atoms with Crippen LogP contribution in [0.3, 0.4) is 0 Å². The van der Waals surface area contributed by atoms with E-state index >= 15 is 0 Å². The van der Waals surface area contributed by atoms with Gasteiger partial charge in [-0.2, -0.15) is 0 Å². The number of fused-ring (bicyclic) bond motifs is 8. The van der Waals surface area contributed by atoms with E-state index in [0.29, 0.717) is 11.8 Å². The van der Waals surface area contributed by atoms with Gasteiger partial charge in [-0.3, -0.25) is 9.59 Å². The molecular weight excluding hydrogens is 544 g/mol. The van der Waals surface area contributed by atoms with E-state index in [9.17, 15) is 9.59 Å². The highest BCUT2D eigenvalue weighted by atomic mass is 16.1. The fourth-order valence-corrected chi connectivity index (χ4v) is 9.09. The Morgan fingerprint density at radius 2 is 1.09 bits per heavy atom. The minimum atomic E-state index is -0.205. The molecule has 2 aromatic heterocycles. The molecule has 0 aliphatic heterocycles. The summed E-state index contributed by atoms with van der Waals surface area (Å²) in [6, 6.07) is 7.50. The molecule has 4 atom stereocenters. The zero-order valence-corrected chi connectivity index (χ0v) is 27.1. The van der Waals surface area contributed by atoms with Crippen LogP contribution < -0.4 is 21.8 Å². The van der Waals surface area contributed by atoms with Gasteiger partial charge < -0.3 is 20.6 Å². The first kappa shape index (κ1) is 30.8. The predicted molar refractivity (Wildman–Crippen MR) is 180 cm³/mol. The summed E-state index contributed by atoms with van der Waals surface area (Å²) in [6.45, 7) is 10.8. The van der Waals surface area contributed by atoms with Crippen molar-refractivity contribution in [2.45, 2.75) is 103 Å². The predicted octanol–water partition coefficient (Wildman–Crippen LogP) is 6.61. The van der Waals surface area contributed by atoms with Crippen molar-refractivity contribution in [1.29, 1.82) is 0 Å². The van der Waals surface area contributed by atoms with Crippen molar-refractivity contribution in [3.63, 3.8) is 0 Å². The Bertz CT molecular complexity index is 1520. The third kappa shape index (κ3) is 5.56. The summed E-state index contributed by atoms with van der Waals surface area (Å²) in [4.78, 5) is 30.5. The van der Waals surface area contributed by atoms with E-state index in [1.165, 1.54) is 59.1 Å². The summed E-state index contributed by atoms with van der Waals surface area (Å²) < 4.78 is 0. The first-order valence-electron chi connectivity index (χ1n) is 16.9. The number of aromatic nitrogens is 2. The molecule has 2 aromatic rings. The molecule has 4 N–H and O–H groups in total. The van der Waals surface area contributed by atoms with Crippen molar-refractivity contribution in [2.75, 3.05) is 13.1 Å². The second-order valence-electron chi connectivity index (χ2n) is 13.7. The van der Waals surface area contributed by atoms with Gasteiger partial charge in [-0.15, -0.1) is 0 Å². The molecule has 44 heavy (non-hydrogen) atoms. The molecule has 0 saturated heterocycles. The van der Waals surface area contributed by atoms with E-state index in [-0.39, 0.29) is 22.2 Å². The van der Waals surface area contributed by atoms with Gasteiger partial charge in [0.2, 0.25) is 11.1 Å². The Labute approximate surface area is 262 Å². The molecule has 0 spiro atoms. The summed E-state index contributed by atoms with van der Waals surface area (Å²) in [6.07, 6.45) is 20.3. The SMILES string of the molecule is C/C=C1\[C@H]2C=C(C)C[C@]1(NCCCCCCCCN[C@@]13CC(C)=C[C@@H](Cc4[nH]c(=O)ccc41)/C3=C\C)c1ccc(=O)[nH]c1C2. The van der Waals surface area contributed by atoms with E-state index in [2.05, 4.69) is 84.7 Å². The van der Waals surface area contributed by atoms with Crippen LogP contribution in [0.1, 0.15) is 102 Å². The van der Waals surface area contributed by atoms with Crippen molar-refractivity contribution in [3.05, 3.63) is 114 Å². The number of allylic oxidation sites excluding steroid dienone is 4. The highest BCUT2D eigenvalue weighted by Gasteiger charge is 2.47. The quantitative estimate of drug-likeness (QED) is 0.174. The van der Waals surface area contributed by atoms with E-state index in [1.54, 1.807) is 12.1 Å². The molecule has 0 fully saturated rings. The smallest absolute Gasteiger partial charge is 0.248 e. The topological polar surface area (TPSA) is 89.8 Å². The summed E-state index contributed by atoms with van der Waals surface area (Å²) in [7, 11) is 0. The maximum Gasteiger partial charge on any atom is 0.248 e. The first-order chi connectivity index (χ1) is 21.3. The Hall–Kier alpha value is -3.22. The number of aromatic amines is 2. The summed E-state index contributed by atoms with van der Waals surface area (Å²) >= 11 is 0. The van der Waals surface area contributed by atoms with Gasteiger partial charge in [0, 0.05) is 35.4 Å². The zero-order valence-electron chi connectivity index (χ0n) is 27.1. The highest BCUT2D eigenvalue weighted by Crippen LogP contribution is 2.50. The number of hydrogen-bond acceptors (Lipinski definition) is 4. The Balaban J connectivity index is 0.996. The number of hydrogen-bond donors (Lipinski definition) is 4. The fourth-order valence-electron chi connectivity index (χ4n) is 9.09. The normalized spacial score (nSPS) is 28.8. The fraction of sp³-hybridized carbons (Fsp3) is 0.526. The summed E-state index contributed by atoms with van der Waals surface area (Å²) in [5.41, 5.74) is 10.1. The molecule has 4 aliphatic rings. The molecule has 0 radical (unpaired) electrons. The Kier molecular flexibility index (Phi) is 8.85. The minimum absolute atomic E-state index is 0.00601. The minimum Gasteiger partial charge on any atom is -0.326 e. The molecule has 4 aliphatic carbocycles. The van der Waals surface area contributed by atoms with Crippen LogP contribution in [-0.2, 0) is 23.9 Å². The average Bonchev–Trinajstić information content (AvgIpc) is 2.97. The van der Waals surface area contributed by atoms with Gasteiger partial charge in [0.15, 0.2) is 0 Å². The largest absolute Gasteiger partial charge is 0.326 e. The molecular formula is C38H50N4O2. The van der Waals surface area contributed by atoms with Crippen molar-refractivity contribution in [3.8, 4) is 0 Å². The van der Waals surface area contributed by atoms with Gasteiger partial charge in [-0.25, -0.2) is 0 Å². The monoisotopic (exact) mass is 594 g/mol. The van der Waals surface area contributed by atoms with E-state index in [1.807, 2.05) is 0 Å². The first-order valence-corrected chi connectivity index (χ1v) is 16.9. The third-order valence-corrected chi connectivity index (χ3v) is 10.7. The number of unbranched alkanes of at least 4 members (excludes halogenated alkanes) is 5. The number of H-pyrrole nitrogens is 2. The number of rotatable bonds is 11.